The highest BCUT2D eigenvalue weighted by atomic mass is 16.3. The smallest absolute Gasteiger partial charge is 0.160 e. The van der Waals surface area contributed by atoms with Crippen molar-refractivity contribution in [2.24, 2.45) is 0 Å². The van der Waals surface area contributed by atoms with E-state index in [4.69, 9.17) is 37.6 Å². The van der Waals surface area contributed by atoms with E-state index in [9.17, 15) is 0 Å². The van der Waals surface area contributed by atoms with Gasteiger partial charge in [-0.2, -0.15) is 0 Å². The van der Waals surface area contributed by atoms with Crippen LogP contribution in [0.1, 0.15) is 0 Å². The maximum Gasteiger partial charge on any atom is 0.160 e. The van der Waals surface area contributed by atoms with Crippen molar-refractivity contribution in [2.75, 3.05) is 0 Å². The SMILES string of the molecule is c1ccc(-c2nc(-c3ccc(-c4ccc5oc6ccccc6c5c4)cc3)cc(-c3ccc(-c4cccc5c4oc4ccc(-c6ccc7oc8c(-c9ccc(-c%10cc(-c%11ccc(-c%12cccc%13c%12oc%12ccccc%12%13)cc%11)nc(-c%11ccccc%11)n%10)cc9)cccc8c7c6)cc45)cc3)n2)cc1. The van der Waals surface area contributed by atoms with Gasteiger partial charge in [-0.25, -0.2) is 19.9 Å². The van der Waals surface area contributed by atoms with Crippen LogP contribution in [0.5, 0.6) is 0 Å². The molecule has 0 aliphatic rings. The van der Waals surface area contributed by atoms with E-state index in [1.54, 1.807) is 0 Å². The molecule has 0 saturated carbocycles. The zero-order chi connectivity index (χ0) is 65.8. The lowest BCUT2D eigenvalue weighted by Crippen LogP contribution is -1.96. The molecular formula is C92H54N4O4. The second kappa shape index (κ2) is 23.1. The number of hydrogen-bond acceptors (Lipinski definition) is 8. The van der Waals surface area contributed by atoms with Gasteiger partial charge in [-0.1, -0.05) is 267 Å². The van der Waals surface area contributed by atoms with Gasteiger partial charge in [-0.05, 0) is 99.6 Å². The van der Waals surface area contributed by atoms with E-state index in [1.165, 1.54) is 0 Å². The second-order valence-electron chi connectivity index (χ2n) is 25.5. The fourth-order valence-corrected chi connectivity index (χ4v) is 14.5. The van der Waals surface area contributed by atoms with Gasteiger partial charge in [0.05, 0.1) is 22.8 Å². The molecule has 20 rings (SSSR count). The molecule has 0 amide bonds. The molecule has 20 aromatic rings. The van der Waals surface area contributed by atoms with Crippen molar-refractivity contribution in [3.05, 3.63) is 328 Å². The normalized spacial score (nSPS) is 11.8. The molecule has 6 aromatic heterocycles. The number of para-hydroxylation sites is 5. The molecule has 0 radical (unpaired) electrons. The van der Waals surface area contributed by atoms with Gasteiger partial charge in [0.2, 0.25) is 0 Å². The van der Waals surface area contributed by atoms with Gasteiger partial charge < -0.3 is 17.7 Å². The first-order valence-corrected chi connectivity index (χ1v) is 33.5. The average Bonchev–Trinajstić information content (AvgIpc) is 1.63. The Hall–Kier alpha value is -13.6. The first kappa shape index (κ1) is 56.8. The number of hydrogen-bond donors (Lipinski definition) is 0. The van der Waals surface area contributed by atoms with E-state index in [0.29, 0.717) is 11.6 Å². The van der Waals surface area contributed by atoms with Gasteiger partial charge in [-0.3, -0.25) is 0 Å². The molecule has 0 unspecified atom stereocenters. The van der Waals surface area contributed by atoms with E-state index >= 15 is 0 Å². The van der Waals surface area contributed by atoms with Crippen LogP contribution in [0.4, 0.5) is 0 Å². The minimum absolute atomic E-state index is 0.660. The Morgan fingerprint density at radius 1 is 0.160 bits per heavy atom. The Balaban J connectivity index is 0.578. The third-order valence-corrected chi connectivity index (χ3v) is 19.6. The monoisotopic (exact) mass is 1280 g/mol. The van der Waals surface area contributed by atoms with Crippen LogP contribution in [0.2, 0.25) is 0 Å². The molecule has 8 heteroatoms. The molecule has 8 nitrogen and oxygen atoms in total. The number of fused-ring (bicyclic) bond motifs is 12. The number of rotatable bonds is 11. The molecule has 0 aliphatic carbocycles. The van der Waals surface area contributed by atoms with Gasteiger partial charge in [0.25, 0.3) is 0 Å². The summed E-state index contributed by atoms with van der Waals surface area (Å²) in [5, 5.41) is 8.64. The zero-order valence-corrected chi connectivity index (χ0v) is 53.6. The lowest BCUT2D eigenvalue weighted by atomic mass is 9.97. The topological polar surface area (TPSA) is 104 Å². The summed E-state index contributed by atoms with van der Waals surface area (Å²) >= 11 is 0. The van der Waals surface area contributed by atoms with Crippen LogP contribution in [0.15, 0.2) is 345 Å². The molecule has 0 N–H and O–H groups in total. The van der Waals surface area contributed by atoms with Gasteiger partial charge in [-0.15, -0.1) is 0 Å². The van der Waals surface area contributed by atoms with E-state index < -0.39 is 0 Å². The van der Waals surface area contributed by atoms with Gasteiger partial charge >= 0.3 is 0 Å². The number of furan rings is 4. The third kappa shape index (κ3) is 9.76. The maximum absolute atomic E-state index is 6.78. The summed E-state index contributed by atoms with van der Waals surface area (Å²) in [5.74, 6) is 1.33. The third-order valence-electron chi connectivity index (χ3n) is 19.6. The second-order valence-corrected chi connectivity index (χ2v) is 25.5. The van der Waals surface area contributed by atoms with Crippen LogP contribution < -0.4 is 0 Å². The molecule has 0 spiro atoms. The quantitative estimate of drug-likeness (QED) is 0.126. The summed E-state index contributed by atoms with van der Waals surface area (Å²) in [6.07, 6.45) is 0. The van der Waals surface area contributed by atoms with Crippen LogP contribution in [-0.4, -0.2) is 19.9 Å². The molecule has 0 saturated heterocycles. The fourth-order valence-electron chi connectivity index (χ4n) is 14.5. The Labute approximate surface area is 573 Å². The Kier molecular flexibility index (Phi) is 13.1. The van der Waals surface area contributed by atoms with Crippen LogP contribution in [0, 0.1) is 0 Å². The first-order chi connectivity index (χ1) is 49.5. The summed E-state index contributed by atoms with van der Waals surface area (Å²) in [4.78, 5) is 20.6. The number of benzene rings is 14. The molecule has 14 aromatic carbocycles. The van der Waals surface area contributed by atoms with Crippen LogP contribution in [-0.2, 0) is 0 Å². The van der Waals surface area contributed by atoms with E-state index in [-0.39, 0.29) is 0 Å². The van der Waals surface area contributed by atoms with E-state index in [1.807, 2.05) is 60.7 Å². The Bertz CT molecular complexity index is 6610. The highest BCUT2D eigenvalue weighted by Crippen LogP contribution is 2.44. The number of nitrogens with zero attached hydrogens (tertiary/aromatic N) is 4. The standard InChI is InChI=1S/C92H54N4O4/c1-3-14-63(15-4-1)91-93-79(59-36-28-55(29-37-59)65-44-47-85-76(50-65)72-19-8-9-26-83(72)97-85)53-80(94-91)61-40-32-57(33-41-61)69-21-12-24-74-77-51-66(45-48-86(77)99-89(69)74)67-46-49-87-78(52-67)75-25-13-22-70(90(75)100-87)58-34-42-62(43-35-58)82-54-81(95-92(96-82)64-16-5-2-6-17-64)60-38-30-56(31-39-60)68-20-11-23-73-71-18-7-10-27-84(71)98-88(68)73/h1-54H. The van der Waals surface area contributed by atoms with Crippen molar-refractivity contribution in [2.45, 2.75) is 0 Å². The van der Waals surface area contributed by atoms with Crippen molar-refractivity contribution in [1.29, 1.82) is 0 Å². The van der Waals surface area contributed by atoms with Crippen LogP contribution in [0.3, 0.4) is 0 Å². The summed E-state index contributed by atoms with van der Waals surface area (Å²) in [7, 11) is 0. The molecule has 0 atom stereocenters. The molecule has 466 valence electrons. The predicted molar refractivity (Wildman–Crippen MR) is 407 cm³/mol. The lowest BCUT2D eigenvalue weighted by molar-refractivity contribution is 0.669. The molecule has 100 heavy (non-hydrogen) atoms. The van der Waals surface area contributed by atoms with Gasteiger partial charge in [0, 0.05) is 93.2 Å². The number of aromatic nitrogens is 4. The van der Waals surface area contributed by atoms with Gasteiger partial charge in [0.15, 0.2) is 11.6 Å². The fraction of sp³-hybridized carbons (Fsp3) is 0. The summed E-state index contributed by atoms with van der Waals surface area (Å²) < 4.78 is 26.1. The minimum atomic E-state index is 0.660. The van der Waals surface area contributed by atoms with Crippen molar-refractivity contribution < 1.29 is 17.7 Å². The van der Waals surface area contributed by atoms with E-state index in [0.717, 1.165) is 200 Å². The summed E-state index contributed by atoms with van der Waals surface area (Å²) in [5.41, 5.74) is 26.7. The zero-order valence-electron chi connectivity index (χ0n) is 53.6. The molecule has 0 fully saturated rings. The minimum Gasteiger partial charge on any atom is -0.456 e. The van der Waals surface area contributed by atoms with Crippen molar-refractivity contribution >= 4 is 87.8 Å². The Morgan fingerprint density at radius 3 is 0.830 bits per heavy atom. The predicted octanol–water partition coefficient (Wildman–Crippen LogP) is 25.2. The molecule has 0 aliphatic heterocycles. The molecular weight excluding hydrogens is 1230 g/mol. The maximum atomic E-state index is 6.78. The largest absolute Gasteiger partial charge is 0.456 e. The highest BCUT2D eigenvalue weighted by Gasteiger charge is 2.21. The first-order valence-electron chi connectivity index (χ1n) is 33.5. The summed E-state index contributed by atoms with van der Waals surface area (Å²) in [6, 6.07) is 114. The highest BCUT2D eigenvalue weighted by molar-refractivity contribution is 6.14. The van der Waals surface area contributed by atoms with Crippen molar-refractivity contribution in [3.8, 4) is 123 Å². The molecule has 0 bridgehead atoms. The summed E-state index contributed by atoms with van der Waals surface area (Å²) in [6.45, 7) is 0. The van der Waals surface area contributed by atoms with Crippen molar-refractivity contribution in [3.63, 3.8) is 0 Å². The van der Waals surface area contributed by atoms with E-state index in [2.05, 4.69) is 267 Å². The Morgan fingerprint density at radius 2 is 0.430 bits per heavy atom. The van der Waals surface area contributed by atoms with Gasteiger partial charge in [0.1, 0.15) is 44.7 Å². The van der Waals surface area contributed by atoms with Crippen LogP contribution >= 0.6 is 0 Å². The molecule has 6 heterocycles. The van der Waals surface area contributed by atoms with Crippen LogP contribution in [0.25, 0.3) is 211 Å². The average molecular weight is 1280 g/mol. The van der Waals surface area contributed by atoms with Crippen molar-refractivity contribution in [1.82, 2.24) is 19.9 Å². The lowest BCUT2D eigenvalue weighted by Gasteiger charge is -2.11.